The van der Waals surface area contributed by atoms with Crippen LogP contribution in [0.25, 0.3) is 0 Å². The van der Waals surface area contributed by atoms with Crippen LogP contribution in [0.15, 0.2) is 18.2 Å². The molecular formula is C23H35ClN2O5S. The molecule has 2 aliphatic rings. The van der Waals surface area contributed by atoms with E-state index in [1.54, 1.807) is 13.2 Å². The van der Waals surface area contributed by atoms with Gasteiger partial charge >= 0.3 is 0 Å². The molecule has 1 aromatic rings. The normalized spacial score (nSPS) is 23.8. The molecule has 0 spiro atoms. The van der Waals surface area contributed by atoms with Crippen LogP contribution in [0.5, 0.6) is 5.75 Å². The quantitative estimate of drug-likeness (QED) is 0.615. The number of carbonyl (C=O) groups is 1. The lowest BCUT2D eigenvalue weighted by atomic mass is 9.85. The van der Waals surface area contributed by atoms with Crippen molar-refractivity contribution in [3.05, 3.63) is 28.8 Å². The topological polar surface area (TPSA) is 83.1 Å². The molecule has 1 aromatic carbocycles. The van der Waals surface area contributed by atoms with E-state index in [0.29, 0.717) is 23.9 Å². The van der Waals surface area contributed by atoms with Crippen molar-refractivity contribution in [2.75, 3.05) is 26.8 Å². The summed E-state index contributed by atoms with van der Waals surface area (Å²) in [6.07, 6.45) is 0.964. The first-order chi connectivity index (χ1) is 14.9. The highest BCUT2D eigenvalue weighted by Gasteiger charge is 2.41. The van der Waals surface area contributed by atoms with Gasteiger partial charge in [0.15, 0.2) is 11.9 Å². The molecule has 180 valence electrons. The summed E-state index contributed by atoms with van der Waals surface area (Å²) in [6.45, 7) is 10.9. The maximum atomic E-state index is 13.0. The van der Waals surface area contributed by atoms with Crippen molar-refractivity contribution in [1.29, 1.82) is 0 Å². The maximum Gasteiger partial charge on any atom is 0.254 e. The van der Waals surface area contributed by atoms with E-state index in [4.69, 9.17) is 25.8 Å². The van der Waals surface area contributed by atoms with E-state index in [1.807, 2.05) is 51.7 Å². The molecule has 32 heavy (non-hydrogen) atoms. The van der Waals surface area contributed by atoms with Crippen LogP contribution in [0, 0.1) is 5.92 Å². The average molecular weight is 487 g/mol. The van der Waals surface area contributed by atoms with Crippen molar-refractivity contribution in [2.45, 2.75) is 70.1 Å². The Morgan fingerprint density at radius 1 is 1.34 bits per heavy atom. The van der Waals surface area contributed by atoms with Gasteiger partial charge in [-0.15, -0.1) is 4.72 Å². The van der Waals surface area contributed by atoms with Crippen molar-refractivity contribution in [3.8, 4) is 5.75 Å². The van der Waals surface area contributed by atoms with Crippen LogP contribution in [0.2, 0.25) is 5.02 Å². The van der Waals surface area contributed by atoms with Gasteiger partial charge in [0.05, 0.1) is 19.8 Å². The van der Waals surface area contributed by atoms with Crippen LogP contribution >= 0.6 is 11.6 Å². The summed E-state index contributed by atoms with van der Waals surface area (Å²) >= 11 is 5.03. The summed E-state index contributed by atoms with van der Waals surface area (Å²) in [5.41, 5.74) is 0.886. The Hall–Kier alpha value is -1.03. The molecule has 0 aromatic heterocycles. The molecule has 0 bridgehead atoms. The third-order valence-corrected chi connectivity index (χ3v) is 7.74. The number of ether oxygens (including phenoxy) is 3. The Balaban J connectivity index is 1.75. The Bertz CT molecular complexity index is 808. The lowest BCUT2D eigenvalue weighted by molar-refractivity contribution is -0.161. The predicted octanol–water partition coefficient (Wildman–Crippen LogP) is 3.83. The number of nitrogens with zero attached hydrogens (tertiary/aromatic N) is 1. The fraction of sp³-hybridized carbons (Fsp3) is 0.696. The van der Waals surface area contributed by atoms with E-state index in [2.05, 4.69) is 4.72 Å². The minimum atomic E-state index is -1.28. The molecule has 1 amide bonds. The number of rotatable bonds is 6. The smallest absolute Gasteiger partial charge is 0.254 e. The third-order valence-electron chi connectivity index (χ3n) is 5.92. The van der Waals surface area contributed by atoms with Crippen molar-refractivity contribution < 1.29 is 23.6 Å². The van der Waals surface area contributed by atoms with Crippen LogP contribution in [0.1, 0.15) is 59.1 Å². The first kappa shape index (κ1) is 25.6. The summed E-state index contributed by atoms with van der Waals surface area (Å²) < 4.78 is 32.8. The van der Waals surface area contributed by atoms with Crippen LogP contribution in [-0.2, 0) is 25.6 Å². The van der Waals surface area contributed by atoms with Crippen LogP contribution in [0.4, 0.5) is 0 Å². The van der Waals surface area contributed by atoms with Crippen LogP contribution in [-0.4, -0.2) is 58.8 Å². The van der Waals surface area contributed by atoms with E-state index in [-0.39, 0.29) is 24.5 Å². The van der Waals surface area contributed by atoms with E-state index < -0.39 is 28.0 Å². The summed E-state index contributed by atoms with van der Waals surface area (Å²) in [7, 11) is 1.62. The first-order valence-electron chi connectivity index (χ1n) is 11.0. The van der Waals surface area contributed by atoms with Gasteiger partial charge in [0.25, 0.3) is 5.91 Å². The Morgan fingerprint density at radius 2 is 2.00 bits per heavy atom. The SMILES string of the molecule is COc1ccc(Cl)cc1[C@H](N[S+]([O-])C(C)(C)C)C1CCN(C(=O)[C@H]2COC(C)(C)O2)CC1. The molecule has 1 N–H and O–H groups in total. The molecule has 2 saturated heterocycles. The fourth-order valence-electron chi connectivity index (χ4n) is 4.12. The van der Waals surface area contributed by atoms with Gasteiger partial charge in [0.2, 0.25) is 0 Å². The van der Waals surface area contributed by atoms with Gasteiger partial charge in [0, 0.05) is 35.0 Å². The molecule has 2 fully saturated rings. The van der Waals surface area contributed by atoms with Crippen LogP contribution < -0.4 is 9.46 Å². The standard InChI is InChI=1S/C23H35ClN2O5S/c1-22(2,3)32(28)25-20(17-13-16(24)7-8-18(17)29-6)15-9-11-26(12-10-15)21(27)19-14-30-23(4,5)31-19/h7-8,13,15,19-20,25H,9-12,14H2,1-6H3/t19-,20-,32?/m1/s1. The van der Waals surface area contributed by atoms with E-state index in [0.717, 1.165) is 18.4 Å². The zero-order valence-electron chi connectivity index (χ0n) is 19.8. The Morgan fingerprint density at radius 3 is 2.53 bits per heavy atom. The molecule has 7 nitrogen and oxygen atoms in total. The van der Waals surface area contributed by atoms with Gasteiger partial charge in [-0.1, -0.05) is 11.6 Å². The third kappa shape index (κ3) is 6.10. The Labute approximate surface area is 199 Å². The van der Waals surface area contributed by atoms with E-state index >= 15 is 0 Å². The maximum absolute atomic E-state index is 13.0. The largest absolute Gasteiger partial charge is 0.598 e. The highest BCUT2D eigenvalue weighted by molar-refractivity contribution is 7.90. The van der Waals surface area contributed by atoms with Crippen molar-refractivity contribution in [1.82, 2.24) is 9.62 Å². The predicted molar refractivity (Wildman–Crippen MR) is 126 cm³/mol. The molecule has 3 rings (SSSR count). The number of hydrogen-bond acceptors (Lipinski definition) is 6. The zero-order valence-corrected chi connectivity index (χ0v) is 21.3. The Kier molecular flexibility index (Phi) is 8.06. The number of piperidine rings is 1. The molecule has 2 heterocycles. The summed E-state index contributed by atoms with van der Waals surface area (Å²) in [4.78, 5) is 14.8. The number of methoxy groups -OCH3 is 1. The second-order valence-corrected chi connectivity index (χ2v) is 12.3. The van der Waals surface area contributed by atoms with Crippen molar-refractivity contribution in [3.63, 3.8) is 0 Å². The second kappa shape index (κ2) is 10.1. The zero-order chi connectivity index (χ0) is 23.7. The lowest BCUT2D eigenvalue weighted by Gasteiger charge is -2.38. The number of hydrogen-bond donors (Lipinski definition) is 1. The van der Waals surface area contributed by atoms with Crippen LogP contribution in [0.3, 0.4) is 0 Å². The van der Waals surface area contributed by atoms with Crippen molar-refractivity contribution in [2.24, 2.45) is 5.92 Å². The second-order valence-electron chi connectivity index (χ2n) is 9.84. The number of nitrogens with one attached hydrogen (secondary N) is 1. The van der Waals surface area contributed by atoms with E-state index in [9.17, 15) is 9.35 Å². The number of carbonyl (C=O) groups excluding carboxylic acids is 1. The number of likely N-dealkylation sites (tertiary alicyclic amines) is 1. The van der Waals surface area contributed by atoms with Gasteiger partial charge in [-0.25, -0.2) is 0 Å². The molecule has 3 atom stereocenters. The molecule has 0 saturated carbocycles. The van der Waals surface area contributed by atoms with Gasteiger partial charge in [-0.2, -0.15) is 0 Å². The highest BCUT2D eigenvalue weighted by Crippen LogP contribution is 2.38. The number of amides is 1. The summed E-state index contributed by atoms with van der Waals surface area (Å²) in [5.74, 6) is 0.107. The minimum absolute atomic E-state index is 0.0304. The number of halogens is 1. The molecule has 1 unspecified atom stereocenters. The summed E-state index contributed by atoms with van der Waals surface area (Å²) in [5, 5.41) is 0.600. The van der Waals surface area contributed by atoms with Gasteiger partial charge < -0.3 is 23.7 Å². The van der Waals surface area contributed by atoms with E-state index in [1.165, 1.54) is 0 Å². The number of benzene rings is 1. The molecule has 0 aliphatic carbocycles. The molecule has 2 aliphatic heterocycles. The van der Waals surface area contributed by atoms with Gasteiger partial charge in [-0.3, -0.25) is 4.79 Å². The molecule has 0 radical (unpaired) electrons. The fourth-order valence-corrected chi connectivity index (χ4v) is 5.20. The molecule has 9 heteroatoms. The monoisotopic (exact) mass is 486 g/mol. The lowest BCUT2D eigenvalue weighted by Crippen LogP contribution is -2.48. The van der Waals surface area contributed by atoms with Crippen molar-refractivity contribution >= 4 is 28.9 Å². The average Bonchev–Trinajstić information content (AvgIpc) is 3.10. The highest BCUT2D eigenvalue weighted by atomic mass is 35.5. The summed E-state index contributed by atoms with van der Waals surface area (Å²) in [6, 6.07) is 5.28. The minimum Gasteiger partial charge on any atom is -0.598 e. The van der Waals surface area contributed by atoms with Gasteiger partial charge in [0.1, 0.15) is 10.5 Å². The first-order valence-corrected chi connectivity index (χ1v) is 12.6. The molecular weight excluding hydrogens is 452 g/mol. The van der Waals surface area contributed by atoms with Gasteiger partial charge in [-0.05, 0) is 71.6 Å².